The van der Waals surface area contributed by atoms with Crippen LogP contribution in [0.4, 0.5) is 10.6 Å². The van der Waals surface area contributed by atoms with Crippen molar-refractivity contribution >= 4 is 22.9 Å². The summed E-state index contributed by atoms with van der Waals surface area (Å²) < 4.78 is 11.3. The van der Waals surface area contributed by atoms with Crippen LogP contribution in [0.5, 0.6) is 5.88 Å². The first-order valence-corrected chi connectivity index (χ1v) is 10.4. The number of nitrogens with zero attached hydrogens (tertiary/aromatic N) is 4. The molecule has 1 atom stereocenters. The highest BCUT2D eigenvalue weighted by atomic mass is 16.6. The third-order valence-corrected chi connectivity index (χ3v) is 4.87. The SMILES string of the molecule is CCOc1nc2ccccc2nc1N(C)C[C@@H]1CCCN(C(=O)OC(C)(C)C)C1. The van der Waals surface area contributed by atoms with Crippen LogP contribution in [0.1, 0.15) is 40.5 Å². The highest BCUT2D eigenvalue weighted by Gasteiger charge is 2.29. The Morgan fingerprint density at radius 3 is 2.59 bits per heavy atom. The van der Waals surface area contributed by atoms with Crippen LogP contribution in [-0.2, 0) is 4.74 Å². The zero-order chi connectivity index (χ0) is 21.0. The number of anilines is 1. The van der Waals surface area contributed by atoms with Crippen molar-refractivity contribution < 1.29 is 14.3 Å². The van der Waals surface area contributed by atoms with Crippen LogP contribution in [-0.4, -0.2) is 59.9 Å². The van der Waals surface area contributed by atoms with Gasteiger partial charge in [-0.15, -0.1) is 0 Å². The first kappa shape index (κ1) is 21.1. The number of para-hydroxylation sites is 2. The predicted molar refractivity (Wildman–Crippen MR) is 115 cm³/mol. The molecule has 1 aromatic carbocycles. The summed E-state index contributed by atoms with van der Waals surface area (Å²) in [6.07, 6.45) is 1.80. The van der Waals surface area contributed by atoms with Gasteiger partial charge in [-0.1, -0.05) is 12.1 Å². The molecule has 0 spiro atoms. The van der Waals surface area contributed by atoms with Crippen molar-refractivity contribution in [3.63, 3.8) is 0 Å². The molecule has 2 aromatic rings. The summed E-state index contributed by atoms with van der Waals surface area (Å²) in [6, 6.07) is 7.80. The largest absolute Gasteiger partial charge is 0.475 e. The molecule has 1 aliphatic heterocycles. The highest BCUT2D eigenvalue weighted by molar-refractivity contribution is 5.77. The molecule has 7 heteroatoms. The van der Waals surface area contributed by atoms with E-state index in [-0.39, 0.29) is 6.09 Å². The summed E-state index contributed by atoms with van der Waals surface area (Å²) in [5.74, 6) is 1.62. The second kappa shape index (κ2) is 8.84. The van der Waals surface area contributed by atoms with Gasteiger partial charge in [0.05, 0.1) is 17.6 Å². The number of carbonyl (C=O) groups is 1. The minimum absolute atomic E-state index is 0.231. The summed E-state index contributed by atoms with van der Waals surface area (Å²) in [6.45, 7) is 10.4. The fraction of sp³-hybridized carbons (Fsp3) is 0.591. The lowest BCUT2D eigenvalue weighted by Gasteiger charge is -2.36. The minimum atomic E-state index is -0.478. The van der Waals surface area contributed by atoms with Gasteiger partial charge in [-0.25, -0.2) is 14.8 Å². The normalized spacial score (nSPS) is 17.3. The fourth-order valence-electron chi connectivity index (χ4n) is 3.64. The van der Waals surface area contributed by atoms with Crippen molar-refractivity contribution in [3.05, 3.63) is 24.3 Å². The van der Waals surface area contributed by atoms with Gasteiger partial charge in [0.25, 0.3) is 5.88 Å². The molecule has 29 heavy (non-hydrogen) atoms. The maximum Gasteiger partial charge on any atom is 0.410 e. The Morgan fingerprint density at radius 2 is 1.93 bits per heavy atom. The van der Waals surface area contributed by atoms with Gasteiger partial charge in [0.15, 0.2) is 5.82 Å². The Hall–Kier alpha value is -2.57. The van der Waals surface area contributed by atoms with Crippen molar-refractivity contribution in [2.75, 3.05) is 38.2 Å². The monoisotopic (exact) mass is 400 g/mol. The van der Waals surface area contributed by atoms with Crippen LogP contribution in [0.15, 0.2) is 24.3 Å². The molecule has 0 aliphatic carbocycles. The lowest BCUT2D eigenvalue weighted by atomic mass is 9.98. The smallest absolute Gasteiger partial charge is 0.410 e. The maximum atomic E-state index is 12.4. The molecule has 0 radical (unpaired) electrons. The first-order chi connectivity index (χ1) is 13.8. The van der Waals surface area contributed by atoms with Crippen LogP contribution >= 0.6 is 0 Å². The van der Waals surface area contributed by atoms with E-state index < -0.39 is 5.60 Å². The number of amides is 1. The predicted octanol–water partition coefficient (Wildman–Crippen LogP) is 4.11. The van der Waals surface area contributed by atoms with Crippen molar-refractivity contribution in [2.24, 2.45) is 5.92 Å². The standard InChI is InChI=1S/C22H32N4O3/c1-6-28-20-19(23-17-11-7-8-12-18(17)24-20)25(5)14-16-10-9-13-26(15-16)21(27)29-22(2,3)4/h7-8,11-12,16H,6,9-10,13-15H2,1-5H3/t16-/m0/s1. The van der Waals surface area contributed by atoms with E-state index in [0.717, 1.165) is 42.8 Å². The third kappa shape index (κ3) is 5.49. The van der Waals surface area contributed by atoms with E-state index in [9.17, 15) is 4.79 Å². The van der Waals surface area contributed by atoms with Crippen molar-refractivity contribution in [1.82, 2.24) is 14.9 Å². The first-order valence-electron chi connectivity index (χ1n) is 10.4. The average molecular weight is 401 g/mol. The third-order valence-electron chi connectivity index (χ3n) is 4.87. The second-order valence-electron chi connectivity index (χ2n) is 8.59. The van der Waals surface area contributed by atoms with E-state index in [1.807, 2.05) is 63.9 Å². The van der Waals surface area contributed by atoms with E-state index >= 15 is 0 Å². The molecule has 0 unspecified atom stereocenters. The number of aromatic nitrogens is 2. The van der Waals surface area contributed by atoms with Gasteiger partial charge in [-0.05, 0) is 58.6 Å². The molecule has 1 fully saturated rings. The number of carbonyl (C=O) groups excluding carboxylic acids is 1. The van der Waals surface area contributed by atoms with E-state index in [2.05, 4.69) is 9.88 Å². The number of piperidine rings is 1. The number of benzene rings is 1. The van der Waals surface area contributed by atoms with Crippen molar-refractivity contribution in [2.45, 2.75) is 46.1 Å². The number of ether oxygens (including phenoxy) is 2. The fourth-order valence-corrected chi connectivity index (χ4v) is 3.64. The van der Waals surface area contributed by atoms with Crippen LogP contribution in [0, 0.1) is 5.92 Å². The van der Waals surface area contributed by atoms with Gasteiger partial charge in [0.1, 0.15) is 5.60 Å². The molecular weight excluding hydrogens is 368 g/mol. The lowest BCUT2D eigenvalue weighted by Crippen LogP contribution is -2.45. The Morgan fingerprint density at radius 1 is 1.24 bits per heavy atom. The lowest BCUT2D eigenvalue weighted by molar-refractivity contribution is 0.0170. The maximum absolute atomic E-state index is 12.4. The number of rotatable bonds is 5. The second-order valence-corrected chi connectivity index (χ2v) is 8.59. The van der Waals surface area contributed by atoms with Gasteiger partial charge in [-0.2, -0.15) is 0 Å². The summed E-state index contributed by atoms with van der Waals surface area (Å²) in [7, 11) is 2.01. The number of fused-ring (bicyclic) bond motifs is 1. The summed E-state index contributed by atoms with van der Waals surface area (Å²) in [5, 5.41) is 0. The molecule has 0 bridgehead atoms. The molecule has 3 rings (SSSR count). The molecule has 158 valence electrons. The summed E-state index contributed by atoms with van der Waals surface area (Å²) in [5.41, 5.74) is 1.19. The number of hydrogen-bond donors (Lipinski definition) is 0. The van der Waals surface area contributed by atoms with Crippen LogP contribution in [0.2, 0.25) is 0 Å². The van der Waals surface area contributed by atoms with Gasteiger partial charge >= 0.3 is 6.09 Å². The van der Waals surface area contributed by atoms with Gasteiger partial charge < -0.3 is 19.3 Å². The molecule has 1 aliphatic rings. The summed E-state index contributed by atoms with van der Waals surface area (Å²) in [4.78, 5) is 25.8. The molecule has 1 saturated heterocycles. The molecule has 0 saturated carbocycles. The molecule has 7 nitrogen and oxygen atoms in total. The topological polar surface area (TPSA) is 67.8 Å². The highest BCUT2D eigenvalue weighted by Crippen LogP contribution is 2.28. The minimum Gasteiger partial charge on any atom is -0.475 e. The quantitative estimate of drug-likeness (QED) is 0.752. The zero-order valence-corrected chi connectivity index (χ0v) is 18.1. The van der Waals surface area contributed by atoms with Crippen LogP contribution < -0.4 is 9.64 Å². The van der Waals surface area contributed by atoms with Crippen molar-refractivity contribution in [3.8, 4) is 5.88 Å². The molecular formula is C22H32N4O3. The molecule has 1 aromatic heterocycles. The van der Waals surface area contributed by atoms with Crippen LogP contribution in [0.25, 0.3) is 11.0 Å². The summed E-state index contributed by atoms with van der Waals surface area (Å²) >= 11 is 0. The van der Waals surface area contributed by atoms with Gasteiger partial charge in [0, 0.05) is 26.7 Å². The van der Waals surface area contributed by atoms with Gasteiger partial charge in [-0.3, -0.25) is 0 Å². The van der Waals surface area contributed by atoms with Crippen molar-refractivity contribution in [1.29, 1.82) is 0 Å². The molecule has 0 N–H and O–H groups in total. The Kier molecular flexibility index (Phi) is 6.45. The number of hydrogen-bond acceptors (Lipinski definition) is 6. The zero-order valence-electron chi connectivity index (χ0n) is 18.1. The average Bonchev–Trinajstić information content (AvgIpc) is 2.66. The Labute approximate surface area is 173 Å². The Balaban J connectivity index is 1.73. The van der Waals surface area contributed by atoms with E-state index in [1.54, 1.807) is 0 Å². The number of likely N-dealkylation sites (tertiary alicyclic amines) is 1. The van der Waals surface area contributed by atoms with E-state index in [0.29, 0.717) is 24.9 Å². The Bertz CT molecular complexity index is 850. The molecule has 2 heterocycles. The van der Waals surface area contributed by atoms with Crippen LogP contribution in [0.3, 0.4) is 0 Å². The van der Waals surface area contributed by atoms with Gasteiger partial charge in [0.2, 0.25) is 0 Å². The van der Waals surface area contributed by atoms with E-state index in [1.165, 1.54) is 0 Å². The molecule has 1 amide bonds. The van der Waals surface area contributed by atoms with E-state index in [4.69, 9.17) is 14.5 Å².